The van der Waals surface area contributed by atoms with E-state index in [0.717, 1.165) is 66.7 Å². The first-order valence-corrected chi connectivity index (χ1v) is 32.2. The zero-order chi connectivity index (χ0) is 73.2. The molecule has 0 radical (unpaired) electrons. The normalized spacial score (nSPS) is 13.7. The van der Waals surface area contributed by atoms with Crippen molar-refractivity contribution < 1.29 is 71.4 Å². The van der Waals surface area contributed by atoms with Crippen LogP contribution in [0, 0.1) is 0 Å². The van der Waals surface area contributed by atoms with Crippen LogP contribution in [0.1, 0.15) is 103 Å². The maximum Gasteiger partial charge on any atom is 0.495 e. The Morgan fingerprint density at radius 2 is 0.990 bits per heavy atom. The van der Waals surface area contributed by atoms with E-state index in [0.29, 0.717) is 78.3 Å². The highest BCUT2D eigenvalue weighted by molar-refractivity contribution is 6.62. The molecule has 99 heavy (non-hydrogen) atoms. The van der Waals surface area contributed by atoms with Gasteiger partial charge in [0.25, 0.3) is 11.1 Å². The molecule has 9 rings (SSSR count). The molecule has 26 heteroatoms. The second-order valence-electron chi connectivity index (χ2n) is 27.5. The molecule has 1 fully saturated rings. The molecule has 1 saturated heterocycles. The number of nitrogens with zero attached hydrogens (tertiary/aromatic N) is 8. The Morgan fingerprint density at radius 1 is 0.586 bits per heavy atom. The molecule has 0 amide bonds. The number of hydrogen-bond donors (Lipinski definition) is 1. The smallest absolute Gasteiger partial charge is 0.495 e. The van der Waals surface area contributed by atoms with Crippen molar-refractivity contribution in [1.29, 1.82) is 0 Å². The summed E-state index contributed by atoms with van der Waals surface area (Å²) in [5, 5.41) is 14.3. The first-order chi connectivity index (χ1) is 46.5. The lowest BCUT2D eigenvalue weighted by Gasteiger charge is -2.32. The molecule has 534 valence electrons. The fourth-order valence-electron chi connectivity index (χ4n) is 11.4. The van der Waals surface area contributed by atoms with Crippen molar-refractivity contribution in [2.45, 2.75) is 124 Å². The van der Waals surface area contributed by atoms with Gasteiger partial charge < -0.3 is 66.2 Å². The first kappa shape index (κ1) is 77.2. The van der Waals surface area contributed by atoms with Crippen molar-refractivity contribution in [1.82, 2.24) is 33.6 Å². The predicted octanol–water partition coefficient (Wildman–Crippen LogP) is 8.54. The van der Waals surface area contributed by atoms with E-state index in [9.17, 15) is 24.0 Å². The Morgan fingerprint density at radius 3 is 1.40 bits per heavy atom. The zero-order valence-electron chi connectivity index (χ0n) is 61.4. The number of ether oxygens (including phenoxy) is 9. The summed E-state index contributed by atoms with van der Waals surface area (Å²) in [5.41, 5.74) is 7.34. The van der Waals surface area contributed by atoms with Crippen molar-refractivity contribution in [3.63, 3.8) is 0 Å². The molecule has 0 unspecified atom stereocenters. The summed E-state index contributed by atoms with van der Waals surface area (Å²) >= 11 is 0. The number of benzene rings is 4. The van der Waals surface area contributed by atoms with Crippen molar-refractivity contribution in [2.75, 3.05) is 90.5 Å². The van der Waals surface area contributed by atoms with Gasteiger partial charge in [-0.2, -0.15) is 5.10 Å². The van der Waals surface area contributed by atoms with Crippen molar-refractivity contribution in [3.8, 4) is 62.5 Å². The standard InChI is InChI=1S/C31H38N4O6.C22H36BNO6.C20H23N3O5/c1-31(2,3)41-28(36)19-33(4)17-25-26(39-7)13-21(14-27(25)40-8)24-18-34(5)30(37)29-23(24)15-32-35(29)16-20-9-11-22(38-6)12-10-20;1-20(2,3)28-19(25)14-24(8)13-16-17(26-9)11-15(12-18(16)27-10)23-29-21(4,5)22(6,7)30-23;1-22(11-19(24)25)9-16-17(27-3)5-12(6-18(16)28-4)15-10-23(2)20(26)14-8-21-7-13(14)15/h9-15,18H,16-17,19H2,1-8H3;11-12H,13-14H2,1-10H3;5-7,10H,8-9,11H2,1-4H3,(H,24,25). The molecule has 3 aromatic heterocycles. The highest BCUT2D eigenvalue weighted by Gasteiger charge is 2.52. The van der Waals surface area contributed by atoms with Crippen LogP contribution in [0.4, 0.5) is 0 Å². The van der Waals surface area contributed by atoms with Crippen LogP contribution in [0.5, 0.6) is 40.2 Å². The third-order valence-corrected chi connectivity index (χ3v) is 16.8. The SMILES string of the molecule is COc1cc(-c2cn(C)c(=O)c3c2C=NC3)cc(OC)c1CN(C)CC(=O)O.COc1cc(B2OC(C)(C)C(C)(C)O2)cc(OC)c1CN(C)CC(=O)OC(C)(C)C.COc1ccc(Cn2ncc3c(-c4cc(OC)c(CN(C)CC(=O)OC(C)(C)C)c(OC)c4)cn(C)c(=O)c32)cc1. The predicted molar refractivity (Wildman–Crippen MR) is 381 cm³/mol. The molecular formula is C73H97BN8O17. The molecule has 5 heterocycles. The van der Waals surface area contributed by atoms with Gasteiger partial charge in [0.2, 0.25) is 0 Å². The number of hydrogen-bond acceptors (Lipinski definition) is 21. The summed E-state index contributed by atoms with van der Waals surface area (Å²) in [6, 6.07) is 19.1. The topological polar surface area (TPSA) is 257 Å². The summed E-state index contributed by atoms with van der Waals surface area (Å²) in [7, 11) is 19.5. The number of carboxylic acids is 1. The van der Waals surface area contributed by atoms with Gasteiger partial charge in [-0.25, -0.2) is 0 Å². The maximum atomic E-state index is 13.3. The van der Waals surface area contributed by atoms with E-state index in [1.165, 1.54) is 0 Å². The third kappa shape index (κ3) is 19.2. The van der Waals surface area contributed by atoms with Crippen molar-refractivity contribution in [2.24, 2.45) is 19.1 Å². The number of methoxy groups -OCH3 is 7. The first-order valence-electron chi connectivity index (χ1n) is 32.2. The summed E-state index contributed by atoms with van der Waals surface area (Å²) < 4.78 is 67.3. The number of rotatable bonds is 24. The summed E-state index contributed by atoms with van der Waals surface area (Å²) in [5.74, 6) is 2.94. The van der Waals surface area contributed by atoms with Crippen LogP contribution in [0.3, 0.4) is 0 Å². The quantitative estimate of drug-likeness (QED) is 0.0439. The molecule has 0 spiro atoms. The number of carbonyl (C=O) groups is 3. The van der Waals surface area contributed by atoms with Gasteiger partial charge in [-0.1, -0.05) is 12.1 Å². The van der Waals surface area contributed by atoms with E-state index in [2.05, 4.69) is 10.1 Å². The van der Waals surface area contributed by atoms with Crippen LogP contribution in [0.2, 0.25) is 0 Å². The van der Waals surface area contributed by atoms with Crippen molar-refractivity contribution in [3.05, 3.63) is 133 Å². The van der Waals surface area contributed by atoms with Gasteiger partial charge in [0.1, 0.15) is 57.0 Å². The monoisotopic (exact) mass is 1370 g/mol. The van der Waals surface area contributed by atoms with E-state index in [1.54, 1.807) is 114 Å². The Balaban J connectivity index is 0.000000214. The molecule has 25 nitrogen and oxygen atoms in total. The minimum atomic E-state index is -0.905. The Hall–Kier alpha value is -9.21. The highest BCUT2D eigenvalue weighted by atomic mass is 16.7. The van der Waals surface area contributed by atoms with Crippen LogP contribution in [-0.4, -0.2) is 183 Å². The van der Waals surface area contributed by atoms with Crippen molar-refractivity contribution >= 4 is 47.6 Å². The van der Waals surface area contributed by atoms with Crippen LogP contribution in [0.15, 0.2) is 93.8 Å². The second kappa shape index (κ2) is 32.2. The number of esters is 2. The molecule has 0 atom stereocenters. The Labute approximate surface area is 580 Å². The Bertz CT molecular complexity index is 4110. The van der Waals surface area contributed by atoms with Gasteiger partial charge in [-0.05, 0) is 161 Å². The minimum absolute atomic E-state index is 0.0536. The lowest BCUT2D eigenvalue weighted by Crippen LogP contribution is -2.41. The average molecular weight is 1370 g/mol. The summed E-state index contributed by atoms with van der Waals surface area (Å²) in [4.78, 5) is 70.7. The minimum Gasteiger partial charge on any atom is -0.497 e. The Kier molecular flexibility index (Phi) is 25.1. The van der Waals surface area contributed by atoms with Gasteiger partial charge >= 0.3 is 25.0 Å². The molecule has 0 bridgehead atoms. The summed E-state index contributed by atoms with van der Waals surface area (Å²) in [6.45, 7) is 21.3. The zero-order valence-corrected chi connectivity index (χ0v) is 61.4. The fourth-order valence-corrected chi connectivity index (χ4v) is 11.4. The maximum absolute atomic E-state index is 13.3. The summed E-state index contributed by atoms with van der Waals surface area (Å²) in [6.07, 6.45) is 7.02. The van der Waals surface area contributed by atoms with Gasteiger partial charge in [0, 0.05) is 80.0 Å². The fraction of sp³-hybridized carbons (Fsp3) is 0.466. The average Bonchev–Trinajstić information content (AvgIpc) is 1.70. The molecule has 1 N–H and O–H groups in total. The second-order valence-corrected chi connectivity index (χ2v) is 27.5. The number of likely N-dealkylation sites (N-methyl/N-ethyl adjacent to an activating group) is 3. The number of carbonyl (C=O) groups excluding carboxylic acids is 2. The van der Waals surface area contributed by atoms with E-state index in [-0.39, 0.29) is 42.7 Å². The number of pyridine rings is 2. The lowest BCUT2D eigenvalue weighted by molar-refractivity contribution is -0.157. The molecule has 0 aliphatic carbocycles. The molecule has 2 aliphatic heterocycles. The third-order valence-electron chi connectivity index (χ3n) is 16.8. The molecule has 0 saturated carbocycles. The number of fused-ring (bicyclic) bond motifs is 2. The van der Waals surface area contributed by atoms with E-state index in [4.69, 9.17) is 57.0 Å². The van der Waals surface area contributed by atoms with E-state index >= 15 is 0 Å². The van der Waals surface area contributed by atoms with E-state index in [1.807, 2.05) is 154 Å². The number of aryl methyl sites for hydroxylation is 2. The van der Waals surface area contributed by atoms with Crippen LogP contribution in [0.25, 0.3) is 33.2 Å². The number of carboxylic acid groups (broad SMARTS) is 1. The molecule has 4 aromatic carbocycles. The van der Waals surface area contributed by atoms with Crippen LogP contribution in [-0.2, 0) is 80.0 Å². The number of aliphatic imine (C=N–C) groups is 1. The molecule has 7 aromatic rings. The number of aliphatic carboxylic acids is 1. The van der Waals surface area contributed by atoms with Gasteiger partial charge in [-0.3, -0.25) is 48.3 Å². The van der Waals surface area contributed by atoms with Gasteiger partial charge in [-0.15, -0.1) is 0 Å². The number of aromatic nitrogens is 4. The van der Waals surface area contributed by atoms with Crippen LogP contribution >= 0.6 is 0 Å². The molecule has 2 aliphatic rings. The van der Waals surface area contributed by atoms with Crippen LogP contribution < -0.4 is 49.7 Å². The molecular weight excluding hydrogens is 1270 g/mol. The van der Waals surface area contributed by atoms with E-state index < -0.39 is 35.5 Å². The highest BCUT2D eigenvalue weighted by Crippen LogP contribution is 2.41. The lowest BCUT2D eigenvalue weighted by atomic mass is 9.78. The van der Waals surface area contributed by atoms with Gasteiger partial charge in [0.05, 0.1) is 117 Å². The van der Waals surface area contributed by atoms with Gasteiger partial charge in [0.15, 0.2) is 0 Å². The largest absolute Gasteiger partial charge is 0.497 e.